The van der Waals surface area contributed by atoms with Gasteiger partial charge < -0.3 is 19.0 Å². The zero-order chi connectivity index (χ0) is 20.9. The maximum absolute atomic E-state index is 11.8. The highest BCUT2D eigenvalue weighted by Gasteiger charge is 2.55. The van der Waals surface area contributed by atoms with Crippen LogP contribution in [0, 0.1) is 5.41 Å². The fourth-order valence-electron chi connectivity index (χ4n) is 6.27. The van der Waals surface area contributed by atoms with Crippen molar-refractivity contribution < 1.29 is 13.9 Å². The van der Waals surface area contributed by atoms with E-state index in [0.29, 0.717) is 24.1 Å². The monoisotopic (exact) mass is 418 g/mol. The fraction of sp³-hybridized carbons (Fsp3) is 0.818. The molecule has 30 heavy (non-hydrogen) atoms. The number of likely N-dealkylation sites (tertiary alicyclic amines) is 3. The average Bonchev–Trinajstić information content (AvgIpc) is 3.27. The number of aryl methyl sites for hydroxylation is 1. The number of hydrogen-bond acceptors (Lipinski definition) is 6. The molecule has 1 aromatic heterocycles. The molecule has 4 aliphatic rings. The van der Waals surface area contributed by atoms with Gasteiger partial charge in [0.25, 0.3) is 0 Å². The van der Waals surface area contributed by atoms with Crippen molar-refractivity contribution in [1.82, 2.24) is 19.3 Å². The van der Waals surface area contributed by atoms with Gasteiger partial charge in [0.1, 0.15) is 5.76 Å². The molecule has 3 aliphatic heterocycles. The molecule has 4 heterocycles. The molecule has 1 aliphatic carbocycles. The van der Waals surface area contributed by atoms with E-state index in [1.54, 1.807) is 11.6 Å². The summed E-state index contributed by atoms with van der Waals surface area (Å²) in [4.78, 5) is 30.7. The highest BCUT2D eigenvalue weighted by Crippen LogP contribution is 2.51. The second kappa shape index (κ2) is 7.71. The first kappa shape index (κ1) is 20.1. The van der Waals surface area contributed by atoms with Gasteiger partial charge >= 0.3 is 11.8 Å². The minimum Gasteiger partial charge on any atom is -0.450 e. The van der Waals surface area contributed by atoms with Crippen molar-refractivity contribution in [2.24, 2.45) is 12.5 Å². The fourth-order valence-corrected chi connectivity index (χ4v) is 6.27. The highest BCUT2D eigenvalue weighted by atomic mass is 16.6. The molecular weight excluding hydrogens is 384 g/mol. The summed E-state index contributed by atoms with van der Waals surface area (Å²) in [5, 5.41) is 0. The molecule has 1 atom stereocenters. The van der Waals surface area contributed by atoms with Crippen molar-refractivity contribution in [2.75, 3.05) is 39.3 Å². The van der Waals surface area contributed by atoms with Gasteiger partial charge in [0.05, 0.1) is 18.8 Å². The second-order valence-corrected chi connectivity index (χ2v) is 9.79. The van der Waals surface area contributed by atoms with Gasteiger partial charge in [0.2, 0.25) is 0 Å². The van der Waals surface area contributed by atoms with Crippen LogP contribution in [0.25, 0.3) is 0 Å². The predicted molar refractivity (Wildman–Crippen MR) is 111 cm³/mol. The second-order valence-electron chi connectivity index (χ2n) is 9.79. The normalized spacial score (nSPS) is 27.9. The van der Waals surface area contributed by atoms with Crippen LogP contribution in [0.1, 0.15) is 57.3 Å². The lowest BCUT2D eigenvalue weighted by atomic mass is 9.60. The molecule has 1 unspecified atom stereocenters. The standard InChI is InChI=1S/C22H34N4O4/c1-3-29-21(28)25-14-22(15-25)11-17(12-22)24-9-6-16(7-10-24)26-8-4-5-18(26)19-13-23(2)20(27)30-19/h13,16-18H,3-12,14-15H2,1-2H3. The zero-order valence-corrected chi connectivity index (χ0v) is 18.2. The van der Waals surface area contributed by atoms with Crippen LogP contribution in [-0.2, 0) is 11.8 Å². The number of oxazole rings is 1. The van der Waals surface area contributed by atoms with E-state index in [9.17, 15) is 9.59 Å². The first-order valence-corrected chi connectivity index (χ1v) is 11.6. The van der Waals surface area contributed by atoms with Gasteiger partial charge in [-0.1, -0.05) is 0 Å². The van der Waals surface area contributed by atoms with E-state index in [4.69, 9.17) is 9.15 Å². The number of amides is 1. The molecule has 0 bridgehead atoms. The summed E-state index contributed by atoms with van der Waals surface area (Å²) in [5.74, 6) is 0.572. The summed E-state index contributed by atoms with van der Waals surface area (Å²) >= 11 is 0. The molecule has 1 amide bonds. The number of rotatable bonds is 4. The topological polar surface area (TPSA) is 71.2 Å². The maximum atomic E-state index is 11.8. The molecule has 3 saturated heterocycles. The molecule has 8 nitrogen and oxygen atoms in total. The third kappa shape index (κ3) is 3.47. The van der Waals surface area contributed by atoms with Crippen LogP contribution in [0.2, 0.25) is 0 Å². The van der Waals surface area contributed by atoms with Crippen molar-refractivity contribution in [1.29, 1.82) is 0 Å². The van der Waals surface area contributed by atoms with Crippen LogP contribution < -0.4 is 5.76 Å². The Bertz CT molecular complexity index is 826. The number of carbonyl (C=O) groups excluding carboxylic acids is 1. The summed E-state index contributed by atoms with van der Waals surface area (Å²) in [7, 11) is 1.76. The first-order chi connectivity index (χ1) is 14.5. The minimum absolute atomic E-state index is 0.151. The van der Waals surface area contributed by atoms with Gasteiger partial charge in [0.15, 0.2) is 0 Å². The molecule has 5 rings (SSSR count). The molecule has 0 aromatic carbocycles. The first-order valence-electron chi connectivity index (χ1n) is 11.6. The Morgan fingerprint density at radius 2 is 1.90 bits per heavy atom. The molecule has 4 fully saturated rings. The number of carbonyl (C=O) groups is 1. The molecule has 1 aromatic rings. The summed E-state index contributed by atoms with van der Waals surface area (Å²) in [6.07, 6.45) is 8.78. The van der Waals surface area contributed by atoms with Crippen molar-refractivity contribution in [2.45, 2.75) is 63.6 Å². The lowest BCUT2D eigenvalue weighted by molar-refractivity contribution is -0.105. The van der Waals surface area contributed by atoms with E-state index in [0.717, 1.165) is 44.9 Å². The zero-order valence-electron chi connectivity index (χ0n) is 18.2. The third-order valence-electron chi connectivity index (χ3n) is 7.84. The number of piperidine rings is 1. The van der Waals surface area contributed by atoms with E-state index < -0.39 is 0 Å². The van der Waals surface area contributed by atoms with E-state index in [-0.39, 0.29) is 17.9 Å². The minimum atomic E-state index is -0.261. The van der Waals surface area contributed by atoms with Crippen LogP contribution in [0.5, 0.6) is 0 Å². The lowest BCUT2D eigenvalue weighted by Crippen LogP contribution is -2.68. The highest BCUT2D eigenvalue weighted by molar-refractivity contribution is 5.69. The van der Waals surface area contributed by atoms with Crippen LogP contribution in [0.15, 0.2) is 15.4 Å². The van der Waals surface area contributed by atoms with E-state index in [1.165, 1.54) is 32.1 Å². The van der Waals surface area contributed by atoms with Gasteiger partial charge in [-0.25, -0.2) is 9.59 Å². The Morgan fingerprint density at radius 3 is 2.53 bits per heavy atom. The van der Waals surface area contributed by atoms with E-state index >= 15 is 0 Å². The third-order valence-corrected chi connectivity index (χ3v) is 7.84. The number of ether oxygens (including phenoxy) is 1. The molecule has 1 saturated carbocycles. The van der Waals surface area contributed by atoms with Crippen LogP contribution in [-0.4, -0.2) is 76.8 Å². The van der Waals surface area contributed by atoms with Crippen LogP contribution in [0.4, 0.5) is 4.79 Å². The Morgan fingerprint density at radius 1 is 1.17 bits per heavy atom. The van der Waals surface area contributed by atoms with Gasteiger partial charge in [-0.2, -0.15) is 0 Å². The molecule has 0 N–H and O–H groups in total. The quantitative estimate of drug-likeness (QED) is 0.747. The van der Waals surface area contributed by atoms with E-state index in [2.05, 4.69) is 9.80 Å². The van der Waals surface area contributed by atoms with Crippen LogP contribution >= 0.6 is 0 Å². The Kier molecular flexibility index (Phi) is 5.17. The van der Waals surface area contributed by atoms with Crippen molar-refractivity contribution in [3.05, 3.63) is 22.5 Å². The van der Waals surface area contributed by atoms with Crippen molar-refractivity contribution in [3.8, 4) is 0 Å². The van der Waals surface area contributed by atoms with Gasteiger partial charge in [0, 0.05) is 37.6 Å². The molecule has 1 spiro atoms. The number of aromatic nitrogens is 1. The maximum Gasteiger partial charge on any atom is 0.418 e. The van der Waals surface area contributed by atoms with Crippen molar-refractivity contribution in [3.63, 3.8) is 0 Å². The summed E-state index contributed by atoms with van der Waals surface area (Å²) in [5.41, 5.74) is 0.360. The lowest BCUT2D eigenvalue weighted by Gasteiger charge is -2.61. The predicted octanol–water partition coefficient (Wildman–Crippen LogP) is 2.20. The van der Waals surface area contributed by atoms with Crippen molar-refractivity contribution >= 4 is 6.09 Å². The molecule has 166 valence electrons. The van der Waals surface area contributed by atoms with Gasteiger partial charge in [-0.3, -0.25) is 9.47 Å². The van der Waals surface area contributed by atoms with Crippen LogP contribution in [0.3, 0.4) is 0 Å². The van der Waals surface area contributed by atoms with Gasteiger partial charge in [-0.05, 0) is 65.1 Å². The van der Waals surface area contributed by atoms with E-state index in [1.807, 2.05) is 18.0 Å². The number of hydrogen-bond donors (Lipinski definition) is 0. The number of nitrogens with zero attached hydrogens (tertiary/aromatic N) is 4. The molecule has 0 radical (unpaired) electrons. The Balaban J connectivity index is 1.10. The summed E-state index contributed by atoms with van der Waals surface area (Å²) in [6, 6.07) is 1.51. The average molecular weight is 419 g/mol. The van der Waals surface area contributed by atoms with Gasteiger partial charge in [-0.15, -0.1) is 0 Å². The smallest absolute Gasteiger partial charge is 0.418 e. The molecular formula is C22H34N4O4. The summed E-state index contributed by atoms with van der Waals surface area (Å²) in [6.45, 7) is 7.45. The summed E-state index contributed by atoms with van der Waals surface area (Å²) < 4.78 is 12.2. The largest absolute Gasteiger partial charge is 0.450 e. The Hall–Kier alpha value is -1.80. The molecule has 8 heteroatoms. The SMILES string of the molecule is CCOC(=O)N1CC2(CC(N3CCC(N4CCCC4c4cn(C)c(=O)o4)CC3)C2)C1. The Labute approximate surface area is 177 Å².